The van der Waals surface area contributed by atoms with Crippen LogP contribution in [0.5, 0.6) is 0 Å². The molecule has 2 aliphatic rings. The molecule has 2 fully saturated rings. The molecule has 166 valence electrons. The molecule has 0 spiro atoms. The van der Waals surface area contributed by atoms with Crippen LogP contribution in [0.15, 0.2) is 24.3 Å². The van der Waals surface area contributed by atoms with Crippen molar-refractivity contribution in [2.24, 2.45) is 0 Å². The molecular weight excluding hydrogens is 443 g/mol. The molecule has 2 saturated heterocycles. The van der Waals surface area contributed by atoms with Gasteiger partial charge in [0.2, 0.25) is 5.28 Å². The van der Waals surface area contributed by atoms with Gasteiger partial charge in [0.25, 0.3) is 5.92 Å². The third-order valence-electron chi connectivity index (χ3n) is 5.37. The maximum absolute atomic E-state index is 13.5. The van der Waals surface area contributed by atoms with E-state index in [1.807, 2.05) is 0 Å². The molecule has 2 aromatic rings. The smallest absolute Gasteiger partial charge is 0.353 e. The number of anilines is 3. The van der Waals surface area contributed by atoms with E-state index in [2.05, 4.69) is 15.3 Å². The van der Waals surface area contributed by atoms with E-state index >= 15 is 0 Å². The largest absolute Gasteiger partial charge is 0.416 e. The van der Waals surface area contributed by atoms with Crippen molar-refractivity contribution < 1.29 is 22.0 Å². The lowest BCUT2D eigenvalue weighted by Gasteiger charge is -2.45. The monoisotopic (exact) mass is 460 g/mol. The Labute approximate surface area is 179 Å². The Morgan fingerprint density at radius 3 is 2.58 bits per heavy atom. The van der Waals surface area contributed by atoms with Gasteiger partial charge in [-0.05, 0) is 29.8 Å². The van der Waals surface area contributed by atoms with Crippen molar-refractivity contribution in [2.45, 2.75) is 24.6 Å². The molecule has 0 radical (unpaired) electrons. The molecule has 2 N–H and O–H groups in total. The quantitative estimate of drug-likeness (QED) is 0.393. The van der Waals surface area contributed by atoms with Crippen molar-refractivity contribution in [3.05, 3.63) is 40.7 Å². The lowest BCUT2D eigenvalue weighted by atomic mass is 10.1. The van der Waals surface area contributed by atoms with Crippen LogP contribution >= 0.6 is 11.6 Å². The van der Waals surface area contributed by atoms with Gasteiger partial charge in [0, 0.05) is 44.0 Å². The number of nitrogens with one attached hydrogen (secondary N) is 2. The molecule has 0 bridgehead atoms. The summed E-state index contributed by atoms with van der Waals surface area (Å²) in [5.41, 5.74) is -0.464. The minimum Gasteiger partial charge on any atom is -0.353 e. The summed E-state index contributed by atoms with van der Waals surface area (Å²) >= 11 is 6.02. The molecule has 0 saturated carbocycles. The summed E-state index contributed by atoms with van der Waals surface area (Å²) in [6.45, 7) is 0.881. The number of hydrogen-bond acceptors (Lipinski definition) is 6. The predicted molar refractivity (Wildman–Crippen MR) is 107 cm³/mol. The summed E-state index contributed by atoms with van der Waals surface area (Å²) in [5.74, 6) is -2.27. The topological polar surface area (TPSA) is 68.1 Å². The second-order valence-electron chi connectivity index (χ2n) is 7.56. The van der Waals surface area contributed by atoms with Gasteiger partial charge in [-0.25, -0.2) is 8.78 Å². The fraction of sp³-hybridized carbons (Fsp3) is 0.421. The van der Waals surface area contributed by atoms with Crippen LogP contribution in [0.1, 0.15) is 17.5 Å². The molecule has 0 aliphatic carbocycles. The van der Waals surface area contributed by atoms with Crippen LogP contribution in [0.4, 0.5) is 39.3 Å². The van der Waals surface area contributed by atoms with Gasteiger partial charge in [-0.1, -0.05) is 6.07 Å². The van der Waals surface area contributed by atoms with E-state index in [0.29, 0.717) is 25.5 Å². The molecular formula is C19H18ClF5N6. The van der Waals surface area contributed by atoms with Crippen LogP contribution in [0.2, 0.25) is 5.28 Å². The Kier molecular flexibility index (Phi) is 5.50. The molecule has 3 heterocycles. The summed E-state index contributed by atoms with van der Waals surface area (Å²) in [6, 6.07) is 4.50. The number of aromatic nitrogens is 2. The van der Waals surface area contributed by atoms with E-state index in [0.717, 1.165) is 18.3 Å². The van der Waals surface area contributed by atoms with Gasteiger partial charge >= 0.3 is 6.18 Å². The van der Waals surface area contributed by atoms with Crippen LogP contribution in [0.3, 0.4) is 0 Å². The zero-order valence-corrected chi connectivity index (χ0v) is 16.8. The zero-order valence-electron chi connectivity index (χ0n) is 16.1. The molecule has 12 heteroatoms. The second-order valence-corrected chi connectivity index (χ2v) is 7.90. The van der Waals surface area contributed by atoms with Crippen LogP contribution in [-0.2, 0) is 6.18 Å². The molecule has 0 amide bonds. The van der Waals surface area contributed by atoms with Gasteiger partial charge in [-0.2, -0.15) is 23.1 Å². The van der Waals surface area contributed by atoms with Gasteiger partial charge in [0.05, 0.1) is 17.7 Å². The highest BCUT2D eigenvalue weighted by atomic mass is 35.5. The van der Waals surface area contributed by atoms with Crippen molar-refractivity contribution in [1.29, 1.82) is 5.41 Å². The SMILES string of the molecule is N=Cc1c(Nc2cccc(C(F)(F)F)c2)nc(Cl)nc1N1CC(N2CCC(F)(F)C2)C1. The van der Waals surface area contributed by atoms with Crippen molar-refractivity contribution in [1.82, 2.24) is 14.9 Å². The zero-order chi connectivity index (χ0) is 22.4. The fourth-order valence-electron chi connectivity index (χ4n) is 3.74. The number of benzene rings is 1. The van der Waals surface area contributed by atoms with Gasteiger partial charge in [0.1, 0.15) is 11.6 Å². The number of halogens is 6. The molecule has 1 aromatic heterocycles. The third-order valence-corrected chi connectivity index (χ3v) is 5.54. The molecule has 4 rings (SSSR count). The van der Waals surface area contributed by atoms with Gasteiger partial charge < -0.3 is 15.6 Å². The lowest BCUT2D eigenvalue weighted by Crippen LogP contribution is -2.59. The Hall–Kier alpha value is -2.53. The lowest BCUT2D eigenvalue weighted by molar-refractivity contribution is -0.137. The first kappa shape index (κ1) is 21.7. The van der Waals surface area contributed by atoms with Crippen molar-refractivity contribution in [3.63, 3.8) is 0 Å². The van der Waals surface area contributed by atoms with Crippen molar-refractivity contribution >= 4 is 35.1 Å². The molecule has 0 unspecified atom stereocenters. The molecule has 31 heavy (non-hydrogen) atoms. The molecule has 6 nitrogen and oxygen atoms in total. The third kappa shape index (κ3) is 4.57. The van der Waals surface area contributed by atoms with Crippen LogP contribution < -0.4 is 10.2 Å². The summed E-state index contributed by atoms with van der Waals surface area (Å²) in [5, 5.41) is 10.4. The molecule has 1 aromatic carbocycles. The average molecular weight is 461 g/mol. The van der Waals surface area contributed by atoms with Crippen molar-refractivity contribution in [2.75, 3.05) is 36.4 Å². The minimum atomic E-state index is -4.50. The Balaban J connectivity index is 1.54. The first-order valence-electron chi connectivity index (χ1n) is 9.45. The number of hydrogen-bond donors (Lipinski definition) is 2. The second kappa shape index (κ2) is 7.86. The van der Waals surface area contributed by atoms with E-state index in [4.69, 9.17) is 17.0 Å². The van der Waals surface area contributed by atoms with Crippen LogP contribution in [-0.4, -0.2) is 59.2 Å². The number of rotatable bonds is 5. The Morgan fingerprint density at radius 2 is 1.97 bits per heavy atom. The standard InChI is InChI=1S/C19H18ClF5N6/c20-17-28-15(27-12-3-1-2-11(6-12)19(23,24)25)14(7-26)16(29-17)31-8-13(9-31)30-5-4-18(21,22)10-30/h1-3,6-7,13,26H,4-5,8-10H2,(H,27,28,29). The van der Waals surface area contributed by atoms with Gasteiger partial charge in [-0.15, -0.1) is 0 Å². The number of alkyl halides is 5. The number of likely N-dealkylation sites (tertiary alicyclic amines) is 1. The van der Waals surface area contributed by atoms with Crippen molar-refractivity contribution in [3.8, 4) is 0 Å². The maximum Gasteiger partial charge on any atom is 0.416 e. The summed E-state index contributed by atoms with van der Waals surface area (Å²) in [4.78, 5) is 11.7. The van der Waals surface area contributed by atoms with E-state index in [-0.39, 0.29) is 41.4 Å². The molecule has 2 aliphatic heterocycles. The van der Waals surface area contributed by atoms with Crippen LogP contribution in [0.25, 0.3) is 0 Å². The van der Waals surface area contributed by atoms with Crippen LogP contribution in [0, 0.1) is 5.41 Å². The molecule has 0 atom stereocenters. The highest BCUT2D eigenvalue weighted by Gasteiger charge is 2.44. The van der Waals surface area contributed by atoms with E-state index in [1.165, 1.54) is 12.1 Å². The summed E-state index contributed by atoms with van der Waals surface area (Å²) < 4.78 is 65.9. The van der Waals surface area contributed by atoms with Gasteiger partial charge in [-0.3, -0.25) is 4.90 Å². The highest BCUT2D eigenvalue weighted by Crippen LogP contribution is 2.35. The minimum absolute atomic E-state index is 0.0689. The Bertz CT molecular complexity index is 992. The fourth-order valence-corrected chi connectivity index (χ4v) is 3.91. The van der Waals surface area contributed by atoms with E-state index in [9.17, 15) is 22.0 Å². The summed E-state index contributed by atoms with van der Waals surface area (Å²) in [6.07, 6.45) is -3.69. The van der Waals surface area contributed by atoms with E-state index in [1.54, 1.807) is 9.80 Å². The van der Waals surface area contributed by atoms with Gasteiger partial charge in [0.15, 0.2) is 0 Å². The maximum atomic E-state index is 13.5. The number of nitrogens with zero attached hydrogens (tertiary/aromatic N) is 4. The van der Waals surface area contributed by atoms with E-state index < -0.39 is 17.7 Å². The highest BCUT2D eigenvalue weighted by molar-refractivity contribution is 6.28. The first-order valence-corrected chi connectivity index (χ1v) is 9.83. The summed E-state index contributed by atoms with van der Waals surface area (Å²) in [7, 11) is 0. The Morgan fingerprint density at radius 1 is 1.23 bits per heavy atom. The average Bonchev–Trinajstić information content (AvgIpc) is 2.99. The predicted octanol–water partition coefficient (Wildman–Crippen LogP) is 4.42. The first-order chi connectivity index (χ1) is 14.6. The normalized spacial score (nSPS) is 19.4.